The van der Waals surface area contributed by atoms with Gasteiger partial charge < -0.3 is 25.0 Å². The third kappa shape index (κ3) is 4.81. The number of anilines is 3. The van der Waals surface area contributed by atoms with Crippen molar-refractivity contribution in [3.8, 4) is 11.5 Å². The van der Waals surface area contributed by atoms with Crippen molar-refractivity contribution in [3.63, 3.8) is 0 Å². The largest absolute Gasteiger partial charge is 0.496 e. The summed E-state index contributed by atoms with van der Waals surface area (Å²) in [6, 6.07) is 0.871. The minimum atomic E-state index is -0.354. The molecule has 0 spiro atoms. The molecule has 12 nitrogen and oxygen atoms in total. The standard InChI is InChI=1S/C26H33N7O5/c1-8-22(35)28-18-12-32(16(4)34)13-19(18)29-25-27-10-17-11-33(26(36)31(5)24(17)30-25)23-14(2)20(37-6)9-21(38-7)15(23)3/h8-10,18-19H,1,11-13H2,2-7H3,(H,28,35)(H,27,29,30). The highest BCUT2D eigenvalue weighted by Crippen LogP contribution is 2.41. The summed E-state index contributed by atoms with van der Waals surface area (Å²) < 4.78 is 11.1. The quantitative estimate of drug-likeness (QED) is 0.528. The van der Waals surface area contributed by atoms with Crippen LogP contribution in [0.5, 0.6) is 11.5 Å². The molecule has 3 heterocycles. The molecule has 0 saturated carbocycles. The summed E-state index contributed by atoms with van der Waals surface area (Å²) in [5.74, 6) is 1.58. The molecule has 202 valence electrons. The van der Waals surface area contributed by atoms with Crippen LogP contribution < -0.4 is 29.9 Å². The second-order valence-electron chi connectivity index (χ2n) is 9.34. The van der Waals surface area contributed by atoms with E-state index in [0.29, 0.717) is 42.0 Å². The van der Waals surface area contributed by atoms with Gasteiger partial charge in [-0.3, -0.25) is 19.4 Å². The van der Waals surface area contributed by atoms with Crippen LogP contribution in [0.25, 0.3) is 0 Å². The minimum Gasteiger partial charge on any atom is -0.496 e. The number of benzene rings is 1. The Kier molecular flexibility index (Phi) is 7.42. The summed E-state index contributed by atoms with van der Waals surface area (Å²) in [7, 11) is 4.82. The zero-order valence-electron chi connectivity index (χ0n) is 22.5. The maximum Gasteiger partial charge on any atom is 0.330 e. The molecule has 12 heteroatoms. The Morgan fingerprint density at radius 1 is 1.13 bits per heavy atom. The summed E-state index contributed by atoms with van der Waals surface area (Å²) in [5.41, 5.74) is 3.10. The molecule has 2 unspecified atom stereocenters. The number of nitrogens with one attached hydrogen (secondary N) is 2. The van der Waals surface area contributed by atoms with Gasteiger partial charge in [0.05, 0.1) is 38.5 Å². The Labute approximate surface area is 221 Å². The molecule has 2 aliphatic heterocycles. The molecule has 0 bridgehead atoms. The lowest BCUT2D eigenvalue weighted by Crippen LogP contribution is -2.47. The van der Waals surface area contributed by atoms with E-state index in [2.05, 4.69) is 27.2 Å². The van der Waals surface area contributed by atoms with Crippen molar-refractivity contribution in [2.75, 3.05) is 49.5 Å². The van der Waals surface area contributed by atoms with E-state index in [-0.39, 0.29) is 36.5 Å². The fraction of sp³-hybridized carbons (Fsp3) is 0.423. The first-order valence-corrected chi connectivity index (χ1v) is 12.2. The summed E-state index contributed by atoms with van der Waals surface area (Å²) in [4.78, 5) is 51.3. The zero-order chi connectivity index (χ0) is 27.7. The molecule has 0 aliphatic carbocycles. The van der Waals surface area contributed by atoms with E-state index in [4.69, 9.17) is 9.47 Å². The number of likely N-dealkylation sites (tertiary alicyclic amines) is 1. The van der Waals surface area contributed by atoms with Gasteiger partial charge in [-0.05, 0) is 19.9 Å². The van der Waals surface area contributed by atoms with E-state index < -0.39 is 0 Å². The van der Waals surface area contributed by atoms with E-state index in [1.165, 1.54) is 17.9 Å². The number of hydrogen-bond donors (Lipinski definition) is 2. The molecule has 1 aromatic carbocycles. The number of carbonyl (C=O) groups excluding carboxylic acids is 3. The van der Waals surface area contributed by atoms with Crippen LogP contribution in [-0.4, -0.2) is 79.2 Å². The Morgan fingerprint density at radius 3 is 2.34 bits per heavy atom. The Hall–Kier alpha value is -4.35. The van der Waals surface area contributed by atoms with Crippen molar-refractivity contribution in [1.82, 2.24) is 20.2 Å². The molecule has 4 rings (SSSR count). The lowest BCUT2D eigenvalue weighted by atomic mass is 10.0. The minimum absolute atomic E-state index is 0.0938. The number of nitrogens with zero attached hydrogens (tertiary/aromatic N) is 5. The average Bonchev–Trinajstić information content (AvgIpc) is 3.29. The van der Waals surface area contributed by atoms with Crippen molar-refractivity contribution in [2.45, 2.75) is 39.4 Å². The molecule has 1 saturated heterocycles. The molecule has 1 fully saturated rings. The summed E-state index contributed by atoms with van der Waals surface area (Å²) in [5, 5.41) is 6.09. The topological polar surface area (TPSA) is 129 Å². The van der Waals surface area contributed by atoms with E-state index in [1.807, 2.05) is 19.9 Å². The first-order valence-electron chi connectivity index (χ1n) is 12.2. The number of hydrogen-bond acceptors (Lipinski definition) is 8. The molecule has 2 atom stereocenters. The Morgan fingerprint density at radius 2 is 1.76 bits per heavy atom. The number of carbonyl (C=O) groups is 3. The fourth-order valence-corrected chi connectivity index (χ4v) is 4.99. The van der Waals surface area contributed by atoms with Crippen molar-refractivity contribution < 1.29 is 23.9 Å². The second-order valence-corrected chi connectivity index (χ2v) is 9.34. The van der Waals surface area contributed by atoms with Gasteiger partial charge in [0.1, 0.15) is 17.3 Å². The number of aromatic nitrogens is 2. The van der Waals surface area contributed by atoms with Gasteiger partial charge in [-0.1, -0.05) is 6.58 Å². The number of amides is 4. The predicted molar refractivity (Wildman–Crippen MR) is 143 cm³/mol. The van der Waals surface area contributed by atoms with E-state index >= 15 is 0 Å². The lowest BCUT2D eigenvalue weighted by molar-refractivity contribution is -0.128. The van der Waals surface area contributed by atoms with Crippen molar-refractivity contribution in [3.05, 3.63) is 41.6 Å². The van der Waals surface area contributed by atoms with E-state index in [1.54, 1.807) is 37.3 Å². The van der Waals surface area contributed by atoms with E-state index in [9.17, 15) is 14.4 Å². The van der Waals surface area contributed by atoms with Crippen LogP contribution >= 0.6 is 0 Å². The Balaban J connectivity index is 1.63. The predicted octanol–water partition coefficient (Wildman–Crippen LogP) is 2.00. The van der Waals surface area contributed by atoms with Crippen molar-refractivity contribution in [1.29, 1.82) is 0 Å². The van der Waals surface area contributed by atoms with Crippen LogP contribution in [0.2, 0.25) is 0 Å². The van der Waals surface area contributed by atoms with Gasteiger partial charge in [-0.2, -0.15) is 4.98 Å². The van der Waals surface area contributed by atoms with Gasteiger partial charge in [0.25, 0.3) is 0 Å². The molecular formula is C26H33N7O5. The smallest absolute Gasteiger partial charge is 0.330 e. The van der Waals surface area contributed by atoms with Gasteiger partial charge in [0.15, 0.2) is 0 Å². The maximum absolute atomic E-state index is 13.6. The first-order chi connectivity index (χ1) is 18.1. The van der Waals surface area contributed by atoms with Crippen molar-refractivity contribution >= 4 is 35.3 Å². The highest BCUT2D eigenvalue weighted by atomic mass is 16.5. The lowest BCUT2D eigenvalue weighted by Gasteiger charge is -2.36. The van der Waals surface area contributed by atoms with Crippen molar-refractivity contribution in [2.24, 2.45) is 0 Å². The number of ether oxygens (including phenoxy) is 2. The first kappa shape index (κ1) is 26.7. The summed E-state index contributed by atoms with van der Waals surface area (Å²) >= 11 is 0. The maximum atomic E-state index is 13.6. The van der Waals surface area contributed by atoms with Gasteiger partial charge >= 0.3 is 6.03 Å². The number of urea groups is 1. The van der Waals surface area contributed by atoms with Crippen LogP contribution in [0.3, 0.4) is 0 Å². The summed E-state index contributed by atoms with van der Waals surface area (Å²) in [6.07, 6.45) is 2.87. The van der Waals surface area contributed by atoms with Gasteiger partial charge in [0.2, 0.25) is 17.8 Å². The fourth-order valence-electron chi connectivity index (χ4n) is 4.99. The number of methoxy groups -OCH3 is 2. The number of fused-ring (bicyclic) bond motifs is 1. The third-order valence-corrected chi connectivity index (χ3v) is 7.02. The van der Waals surface area contributed by atoms with Crippen LogP contribution in [0, 0.1) is 13.8 Å². The highest BCUT2D eigenvalue weighted by molar-refractivity contribution is 6.06. The van der Waals surface area contributed by atoms with Gasteiger partial charge in [0, 0.05) is 56.0 Å². The molecule has 1 aromatic heterocycles. The summed E-state index contributed by atoms with van der Waals surface area (Å²) in [6.45, 7) is 9.77. The molecular weight excluding hydrogens is 490 g/mol. The second kappa shape index (κ2) is 10.6. The third-order valence-electron chi connectivity index (χ3n) is 7.02. The zero-order valence-corrected chi connectivity index (χ0v) is 22.5. The van der Waals surface area contributed by atoms with Gasteiger partial charge in [-0.25, -0.2) is 9.78 Å². The van der Waals surface area contributed by atoms with Crippen LogP contribution in [0.1, 0.15) is 23.6 Å². The molecule has 2 aliphatic rings. The number of rotatable bonds is 7. The van der Waals surface area contributed by atoms with Crippen LogP contribution in [-0.2, 0) is 16.1 Å². The molecule has 2 aromatic rings. The average molecular weight is 524 g/mol. The molecule has 38 heavy (non-hydrogen) atoms. The van der Waals surface area contributed by atoms with E-state index in [0.717, 1.165) is 16.7 Å². The SMILES string of the molecule is C=CC(=O)NC1CN(C(C)=O)CC1Nc1ncc2c(n1)N(C)C(=O)N(c1c(C)c(OC)cc(OC)c1C)C2. The van der Waals surface area contributed by atoms with Gasteiger partial charge in [-0.15, -0.1) is 0 Å². The molecule has 4 amide bonds. The highest BCUT2D eigenvalue weighted by Gasteiger charge is 2.37. The monoisotopic (exact) mass is 523 g/mol. The molecule has 0 radical (unpaired) electrons. The van der Waals surface area contributed by atoms with Crippen LogP contribution in [0.15, 0.2) is 24.9 Å². The molecule has 2 N–H and O–H groups in total. The Bertz CT molecular complexity index is 1270. The normalized spacial score (nSPS) is 18.7. The van der Waals surface area contributed by atoms with Crippen LogP contribution in [0.4, 0.5) is 22.2 Å².